The van der Waals surface area contributed by atoms with Crippen LogP contribution in [-0.2, 0) is 0 Å². The van der Waals surface area contributed by atoms with Crippen molar-refractivity contribution >= 4 is 5.91 Å². The van der Waals surface area contributed by atoms with Crippen LogP contribution in [0, 0.1) is 0 Å². The second kappa shape index (κ2) is 5.12. The van der Waals surface area contributed by atoms with E-state index in [1.54, 1.807) is 12.3 Å². The van der Waals surface area contributed by atoms with E-state index in [1.807, 2.05) is 11.9 Å². The molecule has 2 rings (SSSR count). The Morgan fingerprint density at radius 1 is 1.50 bits per heavy atom. The zero-order chi connectivity index (χ0) is 11.4. The minimum atomic E-state index is 0.0319. The number of nitrogens with one attached hydrogen (secondary N) is 2. The van der Waals surface area contributed by atoms with Gasteiger partial charge in [0.25, 0.3) is 5.91 Å². The van der Waals surface area contributed by atoms with Crippen molar-refractivity contribution in [3.63, 3.8) is 0 Å². The Morgan fingerprint density at radius 3 is 3.12 bits per heavy atom. The van der Waals surface area contributed by atoms with E-state index in [-0.39, 0.29) is 5.91 Å². The molecule has 88 valence electrons. The molecule has 1 atom stereocenters. The molecular weight excluding hydrogens is 204 g/mol. The van der Waals surface area contributed by atoms with Crippen LogP contribution in [0.15, 0.2) is 12.3 Å². The van der Waals surface area contributed by atoms with E-state index in [9.17, 15) is 4.79 Å². The molecular formula is C11H18N4O. The second-order valence-corrected chi connectivity index (χ2v) is 4.22. The largest absolute Gasteiger partial charge is 0.337 e. The van der Waals surface area contributed by atoms with Crippen molar-refractivity contribution in [2.45, 2.75) is 25.3 Å². The number of hydrogen-bond donors (Lipinski definition) is 2. The normalized spacial score (nSPS) is 21.4. The molecule has 5 heteroatoms. The molecule has 1 aliphatic heterocycles. The molecule has 1 aromatic heterocycles. The number of amides is 1. The first kappa shape index (κ1) is 11.1. The van der Waals surface area contributed by atoms with Gasteiger partial charge >= 0.3 is 0 Å². The molecule has 16 heavy (non-hydrogen) atoms. The molecule has 0 saturated carbocycles. The maximum Gasteiger partial charge on any atom is 0.271 e. The van der Waals surface area contributed by atoms with Gasteiger partial charge in [-0.05, 0) is 38.4 Å². The summed E-state index contributed by atoms with van der Waals surface area (Å²) in [6.07, 6.45) is 4.83. The molecule has 1 aromatic rings. The van der Waals surface area contributed by atoms with Crippen molar-refractivity contribution in [1.29, 1.82) is 0 Å². The lowest BCUT2D eigenvalue weighted by Crippen LogP contribution is -2.37. The summed E-state index contributed by atoms with van der Waals surface area (Å²) >= 11 is 0. The van der Waals surface area contributed by atoms with Crippen LogP contribution >= 0.6 is 0 Å². The molecule has 1 aliphatic rings. The third-order valence-electron chi connectivity index (χ3n) is 3.14. The van der Waals surface area contributed by atoms with Gasteiger partial charge in [-0.15, -0.1) is 0 Å². The van der Waals surface area contributed by atoms with E-state index in [0.29, 0.717) is 11.7 Å². The molecule has 0 bridgehead atoms. The van der Waals surface area contributed by atoms with Crippen molar-refractivity contribution in [2.75, 3.05) is 20.1 Å². The highest BCUT2D eigenvalue weighted by Crippen LogP contribution is 2.13. The highest BCUT2D eigenvalue weighted by atomic mass is 16.2. The summed E-state index contributed by atoms with van der Waals surface area (Å²) in [4.78, 5) is 13.9. The smallest absolute Gasteiger partial charge is 0.271 e. The summed E-state index contributed by atoms with van der Waals surface area (Å²) in [5, 5.41) is 9.87. The van der Waals surface area contributed by atoms with E-state index in [0.717, 1.165) is 32.4 Å². The second-order valence-electron chi connectivity index (χ2n) is 4.22. The zero-order valence-corrected chi connectivity index (χ0v) is 9.57. The quantitative estimate of drug-likeness (QED) is 0.771. The summed E-state index contributed by atoms with van der Waals surface area (Å²) in [7, 11) is 1.87. The first-order chi connectivity index (χ1) is 7.79. The molecule has 5 nitrogen and oxygen atoms in total. The van der Waals surface area contributed by atoms with Crippen LogP contribution in [0.4, 0.5) is 0 Å². The Bertz CT molecular complexity index is 328. The number of carbonyl (C=O) groups is 1. The molecule has 2 N–H and O–H groups in total. The monoisotopic (exact) mass is 222 g/mol. The molecule has 1 saturated heterocycles. The molecule has 1 unspecified atom stereocenters. The molecule has 2 heterocycles. The maximum absolute atomic E-state index is 12.1. The van der Waals surface area contributed by atoms with E-state index < -0.39 is 0 Å². The first-order valence-corrected chi connectivity index (χ1v) is 5.76. The van der Waals surface area contributed by atoms with E-state index in [1.165, 1.54) is 0 Å². The number of carbonyl (C=O) groups excluding carboxylic acids is 1. The first-order valence-electron chi connectivity index (χ1n) is 5.76. The van der Waals surface area contributed by atoms with Crippen LogP contribution in [0.25, 0.3) is 0 Å². The Balaban J connectivity index is 2.00. The number of H-pyrrole nitrogens is 1. The number of aromatic nitrogens is 2. The number of rotatable bonds is 2. The fourth-order valence-electron chi connectivity index (χ4n) is 2.12. The van der Waals surface area contributed by atoms with Gasteiger partial charge in [-0.2, -0.15) is 5.10 Å². The fourth-order valence-corrected chi connectivity index (χ4v) is 2.12. The standard InChI is InChI=1S/C11H18N4O/c1-15(9-3-2-6-12-7-4-9)11(16)10-5-8-13-14-10/h5,8-9,12H,2-4,6-7H2,1H3,(H,13,14). The summed E-state index contributed by atoms with van der Waals surface area (Å²) in [5.41, 5.74) is 0.569. The van der Waals surface area contributed by atoms with Crippen molar-refractivity contribution in [3.05, 3.63) is 18.0 Å². The van der Waals surface area contributed by atoms with Crippen LogP contribution in [0.3, 0.4) is 0 Å². The average molecular weight is 222 g/mol. The van der Waals surface area contributed by atoms with Crippen LogP contribution in [0.5, 0.6) is 0 Å². The van der Waals surface area contributed by atoms with Crippen LogP contribution < -0.4 is 5.32 Å². The third kappa shape index (κ3) is 2.41. The average Bonchev–Trinajstić information content (AvgIpc) is 2.70. The van der Waals surface area contributed by atoms with E-state index in [2.05, 4.69) is 15.5 Å². The lowest BCUT2D eigenvalue weighted by atomic mass is 10.1. The minimum absolute atomic E-state index is 0.0319. The third-order valence-corrected chi connectivity index (χ3v) is 3.14. The summed E-state index contributed by atoms with van der Waals surface area (Å²) in [5.74, 6) is 0.0319. The lowest BCUT2D eigenvalue weighted by Gasteiger charge is -2.26. The van der Waals surface area contributed by atoms with Crippen molar-refractivity contribution in [3.8, 4) is 0 Å². The van der Waals surface area contributed by atoms with Crippen molar-refractivity contribution in [2.24, 2.45) is 0 Å². The van der Waals surface area contributed by atoms with Gasteiger partial charge in [-0.1, -0.05) is 0 Å². The van der Waals surface area contributed by atoms with Crippen LogP contribution in [-0.4, -0.2) is 47.2 Å². The Labute approximate surface area is 95.2 Å². The number of nitrogens with zero attached hydrogens (tertiary/aromatic N) is 2. The summed E-state index contributed by atoms with van der Waals surface area (Å²) < 4.78 is 0. The van der Waals surface area contributed by atoms with Gasteiger partial charge in [0.2, 0.25) is 0 Å². The van der Waals surface area contributed by atoms with Gasteiger partial charge in [0, 0.05) is 19.3 Å². The SMILES string of the molecule is CN(C(=O)c1ccn[nH]1)C1CCCNCC1. The summed E-state index contributed by atoms with van der Waals surface area (Å²) in [6, 6.07) is 2.05. The summed E-state index contributed by atoms with van der Waals surface area (Å²) in [6.45, 7) is 2.05. The lowest BCUT2D eigenvalue weighted by molar-refractivity contribution is 0.0714. The van der Waals surface area contributed by atoms with Crippen LogP contribution in [0.1, 0.15) is 29.8 Å². The molecule has 0 aromatic carbocycles. The topological polar surface area (TPSA) is 61.0 Å². The zero-order valence-electron chi connectivity index (χ0n) is 9.57. The van der Waals surface area contributed by atoms with Crippen LogP contribution in [0.2, 0.25) is 0 Å². The predicted molar refractivity (Wildman–Crippen MR) is 61.2 cm³/mol. The van der Waals surface area contributed by atoms with Gasteiger partial charge in [0.05, 0.1) is 0 Å². The van der Waals surface area contributed by atoms with E-state index >= 15 is 0 Å². The van der Waals surface area contributed by atoms with Gasteiger partial charge in [0.15, 0.2) is 0 Å². The maximum atomic E-state index is 12.1. The van der Waals surface area contributed by atoms with Crippen molar-refractivity contribution < 1.29 is 4.79 Å². The Hall–Kier alpha value is -1.36. The van der Waals surface area contributed by atoms with Gasteiger partial charge < -0.3 is 10.2 Å². The number of aromatic amines is 1. The number of hydrogen-bond acceptors (Lipinski definition) is 3. The highest BCUT2D eigenvalue weighted by Gasteiger charge is 2.22. The van der Waals surface area contributed by atoms with E-state index in [4.69, 9.17) is 0 Å². The molecule has 1 amide bonds. The molecule has 0 aliphatic carbocycles. The molecule has 0 spiro atoms. The van der Waals surface area contributed by atoms with Gasteiger partial charge in [-0.25, -0.2) is 0 Å². The molecule has 1 fully saturated rings. The Kier molecular flexibility index (Phi) is 3.56. The van der Waals surface area contributed by atoms with Gasteiger partial charge in [0.1, 0.15) is 5.69 Å². The highest BCUT2D eigenvalue weighted by molar-refractivity contribution is 5.92. The molecule has 0 radical (unpaired) electrons. The van der Waals surface area contributed by atoms with Crippen molar-refractivity contribution in [1.82, 2.24) is 20.4 Å². The van der Waals surface area contributed by atoms with Gasteiger partial charge in [-0.3, -0.25) is 9.89 Å². The predicted octanol–water partition coefficient (Wildman–Crippen LogP) is 0.624. The minimum Gasteiger partial charge on any atom is -0.337 e. The fraction of sp³-hybridized carbons (Fsp3) is 0.636. The Morgan fingerprint density at radius 2 is 2.38 bits per heavy atom.